The molecule has 0 radical (unpaired) electrons. The molecule has 0 aromatic carbocycles. The van der Waals surface area contributed by atoms with Gasteiger partial charge in [-0.3, -0.25) is 14.2 Å². The largest absolute Gasteiger partial charge is 0.340 e. The number of aryl methyl sites for hydroxylation is 1. The van der Waals surface area contributed by atoms with E-state index < -0.39 is 0 Å². The van der Waals surface area contributed by atoms with Crippen LogP contribution in [0.5, 0.6) is 0 Å². The van der Waals surface area contributed by atoms with Gasteiger partial charge in [-0.1, -0.05) is 0 Å². The molecule has 20 heavy (non-hydrogen) atoms. The van der Waals surface area contributed by atoms with Crippen molar-refractivity contribution >= 4 is 5.91 Å². The van der Waals surface area contributed by atoms with Gasteiger partial charge in [0.25, 0.3) is 5.56 Å². The Morgan fingerprint density at radius 2 is 2.05 bits per heavy atom. The van der Waals surface area contributed by atoms with Crippen molar-refractivity contribution in [3.8, 4) is 0 Å². The number of aromatic nitrogens is 2. The molecular formula is C13H20N4O3. The molecule has 1 aromatic heterocycles. The Balaban J connectivity index is 2.06. The first kappa shape index (κ1) is 14.5. The average molecular weight is 280 g/mol. The lowest BCUT2D eigenvalue weighted by atomic mass is 10.3. The molecule has 0 unspecified atom stereocenters. The summed E-state index contributed by atoms with van der Waals surface area (Å²) in [6.07, 6.45) is 3.74. The van der Waals surface area contributed by atoms with E-state index in [0.717, 1.165) is 17.4 Å². The van der Waals surface area contributed by atoms with E-state index >= 15 is 0 Å². The van der Waals surface area contributed by atoms with Crippen molar-refractivity contribution in [2.75, 3.05) is 13.6 Å². The monoisotopic (exact) mass is 280 g/mol. The Kier molecular flexibility index (Phi) is 4.08. The molecule has 0 bridgehead atoms. The average Bonchev–Trinajstić information content (AvgIpc) is 3.23. The van der Waals surface area contributed by atoms with Crippen LogP contribution in [-0.2, 0) is 25.4 Å². The van der Waals surface area contributed by atoms with E-state index in [1.807, 2.05) is 0 Å². The SMILES string of the molecule is CN(Cc1cn(C)c(=O)n(C)c1=O)C(=O)CNC1CC1. The number of likely N-dealkylation sites (N-methyl/N-ethyl adjacent to an activating group) is 1. The second-order valence-corrected chi connectivity index (χ2v) is 5.32. The minimum Gasteiger partial charge on any atom is -0.340 e. The summed E-state index contributed by atoms with van der Waals surface area (Å²) in [6.45, 7) is 0.485. The maximum absolute atomic E-state index is 12.0. The lowest BCUT2D eigenvalue weighted by Crippen LogP contribution is -2.41. The molecule has 0 aliphatic heterocycles. The van der Waals surface area contributed by atoms with Gasteiger partial charge in [0, 0.05) is 33.4 Å². The van der Waals surface area contributed by atoms with Crippen LogP contribution in [0, 0.1) is 0 Å². The Hall–Kier alpha value is -1.89. The highest BCUT2D eigenvalue weighted by atomic mass is 16.2. The van der Waals surface area contributed by atoms with Gasteiger partial charge in [-0.15, -0.1) is 0 Å². The molecule has 110 valence electrons. The molecule has 0 spiro atoms. The minimum atomic E-state index is -0.372. The first-order valence-electron chi connectivity index (χ1n) is 6.63. The summed E-state index contributed by atoms with van der Waals surface area (Å²) < 4.78 is 2.40. The van der Waals surface area contributed by atoms with E-state index in [-0.39, 0.29) is 30.2 Å². The van der Waals surface area contributed by atoms with Gasteiger partial charge in [-0.2, -0.15) is 0 Å². The van der Waals surface area contributed by atoms with Crippen LogP contribution in [-0.4, -0.2) is 39.6 Å². The molecule has 1 fully saturated rings. The third-order valence-corrected chi connectivity index (χ3v) is 3.47. The highest BCUT2D eigenvalue weighted by molar-refractivity contribution is 5.78. The Morgan fingerprint density at radius 1 is 1.40 bits per heavy atom. The van der Waals surface area contributed by atoms with E-state index in [9.17, 15) is 14.4 Å². The zero-order valence-corrected chi connectivity index (χ0v) is 12.0. The first-order chi connectivity index (χ1) is 9.40. The van der Waals surface area contributed by atoms with Crippen molar-refractivity contribution in [1.29, 1.82) is 0 Å². The maximum atomic E-state index is 12.0. The molecule has 1 aliphatic carbocycles. The van der Waals surface area contributed by atoms with E-state index in [1.165, 1.54) is 22.7 Å². The van der Waals surface area contributed by atoms with Crippen molar-refractivity contribution in [3.63, 3.8) is 0 Å². The van der Waals surface area contributed by atoms with E-state index in [0.29, 0.717) is 11.6 Å². The molecule has 0 atom stereocenters. The minimum absolute atomic E-state index is 0.0622. The number of amides is 1. The number of rotatable bonds is 5. The van der Waals surface area contributed by atoms with Gasteiger partial charge in [0.1, 0.15) is 0 Å². The van der Waals surface area contributed by atoms with Crippen LogP contribution >= 0.6 is 0 Å². The van der Waals surface area contributed by atoms with Gasteiger partial charge in [0.15, 0.2) is 0 Å². The topological polar surface area (TPSA) is 76.3 Å². The summed E-state index contributed by atoms with van der Waals surface area (Å²) in [6, 6.07) is 0.470. The van der Waals surface area contributed by atoms with Gasteiger partial charge in [0.2, 0.25) is 5.91 Å². The maximum Gasteiger partial charge on any atom is 0.330 e. The van der Waals surface area contributed by atoms with Crippen molar-refractivity contribution in [2.24, 2.45) is 14.1 Å². The standard InChI is InChI=1S/C13H20N4O3/c1-15(11(18)6-14-10-4-5-10)7-9-8-16(2)13(20)17(3)12(9)19/h8,10,14H,4-7H2,1-3H3. The molecule has 1 amide bonds. The summed E-state index contributed by atoms with van der Waals surface area (Å²) in [7, 11) is 4.67. The van der Waals surface area contributed by atoms with Crippen LogP contribution in [0.2, 0.25) is 0 Å². The highest BCUT2D eigenvalue weighted by Crippen LogP contribution is 2.18. The van der Waals surface area contributed by atoms with Crippen molar-refractivity contribution in [3.05, 3.63) is 32.6 Å². The molecule has 7 heteroatoms. The van der Waals surface area contributed by atoms with E-state index in [4.69, 9.17) is 0 Å². The highest BCUT2D eigenvalue weighted by Gasteiger charge is 2.22. The molecule has 0 saturated heterocycles. The van der Waals surface area contributed by atoms with Gasteiger partial charge < -0.3 is 14.8 Å². The van der Waals surface area contributed by atoms with Crippen molar-refractivity contribution in [1.82, 2.24) is 19.4 Å². The normalized spacial score (nSPS) is 14.3. The number of carbonyl (C=O) groups is 1. The number of carbonyl (C=O) groups excluding carboxylic acids is 1. The van der Waals surface area contributed by atoms with Crippen LogP contribution < -0.4 is 16.6 Å². The van der Waals surface area contributed by atoms with Gasteiger partial charge >= 0.3 is 5.69 Å². The van der Waals surface area contributed by atoms with Gasteiger partial charge in [-0.05, 0) is 12.8 Å². The van der Waals surface area contributed by atoms with Gasteiger partial charge in [0.05, 0.1) is 18.7 Å². The van der Waals surface area contributed by atoms with Crippen LogP contribution in [0.4, 0.5) is 0 Å². The fourth-order valence-electron chi connectivity index (χ4n) is 1.99. The van der Waals surface area contributed by atoms with E-state index in [2.05, 4.69) is 5.32 Å². The second kappa shape index (κ2) is 5.62. The molecule has 1 N–H and O–H groups in total. The van der Waals surface area contributed by atoms with Crippen molar-refractivity contribution in [2.45, 2.75) is 25.4 Å². The quantitative estimate of drug-likeness (QED) is 0.734. The number of hydrogen-bond acceptors (Lipinski definition) is 4. The predicted molar refractivity (Wildman–Crippen MR) is 74.4 cm³/mol. The Labute approximate surface area is 116 Å². The lowest BCUT2D eigenvalue weighted by Gasteiger charge is -2.18. The van der Waals surface area contributed by atoms with Crippen LogP contribution in [0.25, 0.3) is 0 Å². The lowest BCUT2D eigenvalue weighted by molar-refractivity contribution is -0.129. The molecule has 1 aromatic rings. The molecule has 1 aliphatic rings. The predicted octanol–water partition coefficient (Wildman–Crippen LogP) is -1.21. The van der Waals surface area contributed by atoms with Crippen LogP contribution in [0.1, 0.15) is 18.4 Å². The van der Waals surface area contributed by atoms with Crippen molar-refractivity contribution < 1.29 is 4.79 Å². The Morgan fingerprint density at radius 3 is 2.65 bits per heavy atom. The second-order valence-electron chi connectivity index (χ2n) is 5.32. The fourth-order valence-corrected chi connectivity index (χ4v) is 1.99. The fraction of sp³-hybridized carbons (Fsp3) is 0.615. The summed E-state index contributed by atoms with van der Waals surface area (Å²) >= 11 is 0. The smallest absolute Gasteiger partial charge is 0.330 e. The molecule has 1 saturated carbocycles. The van der Waals surface area contributed by atoms with E-state index in [1.54, 1.807) is 14.1 Å². The molecule has 7 nitrogen and oxygen atoms in total. The molecule has 2 rings (SSSR count). The molecular weight excluding hydrogens is 260 g/mol. The number of hydrogen-bond donors (Lipinski definition) is 1. The summed E-state index contributed by atoms with van der Waals surface area (Å²) in [5.41, 5.74) is -0.303. The van der Waals surface area contributed by atoms with Gasteiger partial charge in [-0.25, -0.2) is 4.79 Å². The third-order valence-electron chi connectivity index (χ3n) is 3.47. The third kappa shape index (κ3) is 3.16. The zero-order valence-electron chi connectivity index (χ0n) is 12.0. The summed E-state index contributed by atoms with van der Waals surface area (Å²) in [4.78, 5) is 37.0. The zero-order chi connectivity index (χ0) is 14.9. The number of nitrogens with zero attached hydrogens (tertiary/aromatic N) is 3. The van der Waals surface area contributed by atoms with Crippen LogP contribution in [0.15, 0.2) is 15.8 Å². The number of nitrogens with one attached hydrogen (secondary N) is 1. The summed E-state index contributed by atoms with van der Waals surface area (Å²) in [5, 5.41) is 3.14. The Bertz CT molecular complexity index is 627. The van der Waals surface area contributed by atoms with Crippen LogP contribution in [0.3, 0.4) is 0 Å². The molecule has 1 heterocycles. The summed E-state index contributed by atoms with van der Waals surface area (Å²) in [5.74, 6) is -0.0622. The first-order valence-corrected chi connectivity index (χ1v) is 6.63.